The Labute approximate surface area is 117 Å². The number of benzene rings is 1. The van der Waals surface area contributed by atoms with Gasteiger partial charge in [0.05, 0.1) is 18.8 Å². The van der Waals surface area contributed by atoms with Gasteiger partial charge < -0.3 is 9.84 Å². The van der Waals surface area contributed by atoms with E-state index in [1.807, 2.05) is 19.1 Å². The van der Waals surface area contributed by atoms with E-state index in [2.05, 4.69) is 4.90 Å². The van der Waals surface area contributed by atoms with Crippen LogP contribution in [-0.4, -0.2) is 41.9 Å². The molecule has 1 aromatic carbocycles. The largest absolute Gasteiger partial charge is 0.394 e. The van der Waals surface area contributed by atoms with Crippen molar-refractivity contribution >= 4 is 23.2 Å². The van der Waals surface area contributed by atoms with Crippen molar-refractivity contribution in [1.29, 1.82) is 0 Å². The zero-order valence-electron chi connectivity index (χ0n) is 10.3. The third-order valence-electron chi connectivity index (χ3n) is 3.01. The lowest BCUT2D eigenvalue weighted by atomic mass is 10.1. The lowest BCUT2D eigenvalue weighted by molar-refractivity contribution is -0.0972. The second-order valence-corrected chi connectivity index (χ2v) is 5.52. The van der Waals surface area contributed by atoms with E-state index in [1.165, 1.54) is 0 Å². The van der Waals surface area contributed by atoms with Crippen LogP contribution in [0.4, 0.5) is 0 Å². The van der Waals surface area contributed by atoms with Crippen molar-refractivity contribution in [3.63, 3.8) is 0 Å². The maximum atomic E-state index is 9.19. The van der Waals surface area contributed by atoms with Crippen LogP contribution in [0.15, 0.2) is 18.2 Å². The molecule has 1 aliphatic rings. The molecule has 1 heterocycles. The molecule has 1 aromatic rings. The SMILES string of the molecule is CC1CN(Cc2cc(Cl)ccc2Cl)CC(CO)O1. The van der Waals surface area contributed by atoms with Crippen molar-refractivity contribution in [2.45, 2.75) is 25.7 Å². The Balaban J connectivity index is 2.06. The van der Waals surface area contributed by atoms with Crippen LogP contribution in [0.25, 0.3) is 0 Å². The van der Waals surface area contributed by atoms with Gasteiger partial charge in [0.2, 0.25) is 0 Å². The van der Waals surface area contributed by atoms with E-state index in [0.717, 1.165) is 23.7 Å². The van der Waals surface area contributed by atoms with Crippen molar-refractivity contribution < 1.29 is 9.84 Å². The highest BCUT2D eigenvalue weighted by atomic mass is 35.5. The number of aliphatic hydroxyl groups is 1. The van der Waals surface area contributed by atoms with Gasteiger partial charge in [-0.25, -0.2) is 0 Å². The number of morpholine rings is 1. The van der Waals surface area contributed by atoms with Crippen molar-refractivity contribution in [2.75, 3.05) is 19.7 Å². The molecule has 1 saturated heterocycles. The highest BCUT2D eigenvalue weighted by Gasteiger charge is 2.25. The topological polar surface area (TPSA) is 32.7 Å². The van der Waals surface area contributed by atoms with Crippen molar-refractivity contribution in [1.82, 2.24) is 4.90 Å². The molecule has 100 valence electrons. The fourth-order valence-corrected chi connectivity index (χ4v) is 2.65. The molecule has 2 unspecified atom stereocenters. The summed E-state index contributed by atoms with van der Waals surface area (Å²) in [6.45, 7) is 4.32. The second kappa shape index (κ2) is 6.22. The molecule has 0 saturated carbocycles. The Hall–Kier alpha value is -0.320. The third kappa shape index (κ3) is 3.59. The number of ether oxygens (including phenoxy) is 1. The molecule has 1 aliphatic heterocycles. The average Bonchev–Trinajstić information content (AvgIpc) is 2.33. The van der Waals surface area contributed by atoms with Gasteiger partial charge in [-0.3, -0.25) is 4.90 Å². The van der Waals surface area contributed by atoms with Gasteiger partial charge in [0.1, 0.15) is 0 Å². The van der Waals surface area contributed by atoms with Gasteiger partial charge in [0, 0.05) is 29.7 Å². The fraction of sp³-hybridized carbons (Fsp3) is 0.538. The lowest BCUT2D eigenvalue weighted by Gasteiger charge is -2.36. The quantitative estimate of drug-likeness (QED) is 0.928. The molecule has 0 aromatic heterocycles. The van der Waals surface area contributed by atoms with Crippen LogP contribution in [0.1, 0.15) is 12.5 Å². The van der Waals surface area contributed by atoms with E-state index >= 15 is 0 Å². The first-order chi connectivity index (χ1) is 8.58. The minimum absolute atomic E-state index is 0.0458. The smallest absolute Gasteiger partial charge is 0.0936 e. The Morgan fingerprint density at radius 3 is 2.89 bits per heavy atom. The Bertz CT molecular complexity index is 414. The minimum atomic E-state index is -0.119. The first-order valence-corrected chi connectivity index (χ1v) is 6.76. The summed E-state index contributed by atoms with van der Waals surface area (Å²) in [5.74, 6) is 0. The van der Waals surface area contributed by atoms with E-state index in [-0.39, 0.29) is 18.8 Å². The normalized spacial score (nSPS) is 25.3. The van der Waals surface area contributed by atoms with Crippen molar-refractivity contribution in [3.8, 4) is 0 Å². The zero-order chi connectivity index (χ0) is 13.1. The maximum Gasteiger partial charge on any atom is 0.0936 e. The van der Waals surface area contributed by atoms with E-state index in [4.69, 9.17) is 27.9 Å². The van der Waals surface area contributed by atoms with E-state index < -0.39 is 0 Å². The van der Waals surface area contributed by atoms with Crippen molar-refractivity contribution in [2.24, 2.45) is 0 Å². The maximum absolute atomic E-state index is 9.19. The molecule has 0 bridgehead atoms. The molecule has 1 fully saturated rings. The number of aliphatic hydroxyl groups excluding tert-OH is 1. The summed E-state index contributed by atoms with van der Waals surface area (Å²) in [7, 11) is 0. The number of hydrogen-bond donors (Lipinski definition) is 1. The van der Waals surface area contributed by atoms with Crippen LogP contribution in [0.3, 0.4) is 0 Å². The summed E-state index contributed by atoms with van der Waals surface area (Å²) >= 11 is 12.1. The standard InChI is InChI=1S/C13H17Cl2NO2/c1-9-5-16(7-12(8-17)18-9)6-10-4-11(14)2-3-13(10)15/h2-4,9,12,17H,5-8H2,1H3. The number of halogens is 2. The van der Waals surface area contributed by atoms with E-state index in [1.54, 1.807) is 6.07 Å². The van der Waals surface area contributed by atoms with Gasteiger partial charge >= 0.3 is 0 Å². The number of nitrogens with zero attached hydrogens (tertiary/aromatic N) is 1. The molecule has 0 amide bonds. The summed E-state index contributed by atoms with van der Waals surface area (Å²) in [5, 5.41) is 10.6. The van der Waals surface area contributed by atoms with Gasteiger partial charge in [-0.1, -0.05) is 23.2 Å². The molecule has 0 spiro atoms. The number of hydrogen-bond acceptors (Lipinski definition) is 3. The summed E-state index contributed by atoms with van der Waals surface area (Å²) in [6, 6.07) is 5.48. The average molecular weight is 290 g/mol. The van der Waals surface area contributed by atoms with Crippen molar-refractivity contribution in [3.05, 3.63) is 33.8 Å². The van der Waals surface area contributed by atoms with Gasteiger partial charge in [-0.2, -0.15) is 0 Å². The fourth-order valence-electron chi connectivity index (χ4n) is 2.28. The third-order valence-corrected chi connectivity index (χ3v) is 3.61. The predicted molar refractivity (Wildman–Crippen MR) is 73.2 cm³/mol. The highest BCUT2D eigenvalue weighted by Crippen LogP contribution is 2.23. The molecule has 0 aliphatic carbocycles. The van der Waals surface area contributed by atoms with E-state index in [9.17, 15) is 5.11 Å². The molecule has 3 nitrogen and oxygen atoms in total. The van der Waals surface area contributed by atoms with Gasteiger partial charge in [0.15, 0.2) is 0 Å². The predicted octanol–water partition coefficient (Wildman–Crippen LogP) is 2.58. The van der Waals surface area contributed by atoms with Crippen LogP contribution < -0.4 is 0 Å². The van der Waals surface area contributed by atoms with Crippen LogP contribution in [0, 0.1) is 0 Å². The monoisotopic (exact) mass is 289 g/mol. The summed E-state index contributed by atoms with van der Waals surface area (Å²) < 4.78 is 5.61. The van der Waals surface area contributed by atoms with Crippen LogP contribution >= 0.6 is 23.2 Å². The first kappa shape index (κ1) is 14.1. The molecule has 2 rings (SSSR count). The number of rotatable bonds is 3. The van der Waals surface area contributed by atoms with Gasteiger partial charge in [-0.15, -0.1) is 0 Å². The van der Waals surface area contributed by atoms with Crippen LogP contribution in [0.2, 0.25) is 10.0 Å². The molecule has 5 heteroatoms. The molecular weight excluding hydrogens is 273 g/mol. The molecule has 2 atom stereocenters. The Morgan fingerprint density at radius 1 is 1.39 bits per heavy atom. The molecule has 0 radical (unpaired) electrons. The molecular formula is C13H17Cl2NO2. The summed E-state index contributed by atoms with van der Waals surface area (Å²) in [4.78, 5) is 2.23. The van der Waals surface area contributed by atoms with Crippen LogP contribution in [0.5, 0.6) is 0 Å². The van der Waals surface area contributed by atoms with Gasteiger partial charge in [0.25, 0.3) is 0 Å². The lowest BCUT2D eigenvalue weighted by Crippen LogP contribution is -2.47. The van der Waals surface area contributed by atoms with Crippen LogP contribution in [-0.2, 0) is 11.3 Å². The second-order valence-electron chi connectivity index (χ2n) is 4.68. The summed E-state index contributed by atoms with van der Waals surface area (Å²) in [5.41, 5.74) is 1.01. The summed E-state index contributed by atoms with van der Waals surface area (Å²) in [6.07, 6.45) is 0.000527. The van der Waals surface area contributed by atoms with E-state index in [0.29, 0.717) is 11.6 Å². The Kier molecular flexibility index (Phi) is 4.87. The molecule has 1 N–H and O–H groups in total. The Morgan fingerprint density at radius 2 is 2.17 bits per heavy atom. The highest BCUT2D eigenvalue weighted by molar-refractivity contribution is 6.33. The minimum Gasteiger partial charge on any atom is -0.394 e. The zero-order valence-corrected chi connectivity index (χ0v) is 11.8. The van der Waals surface area contributed by atoms with Gasteiger partial charge in [-0.05, 0) is 30.7 Å². The molecule has 18 heavy (non-hydrogen) atoms. The first-order valence-electron chi connectivity index (χ1n) is 6.01.